The summed E-state index contributed by atoms with van der Waals surface area (Å²) in [4.78, 5) is 19.5. The number of hydrogen-bond donors (Lipinski definition) is 2. The normalized spacial score (nSPS) is 21.1. The van der Waals surface area contributed by atoms with Gasteiger partial charge in [-0.3, -0.25) is 9.78 Å². The van der Waals surface area contributed by atoms with Gasteiger partial charge in [0.15, 0.2) is 0 Å². The largest absolute Gasteiger partial charge is 0.368 e. The van der Waals surface area contributed by atoms with Crippen LogP contribution in [0.15, 0.2) is 65.7 Å². The van der Waals surface area contributed by atoms with Crippen LogP contribution in [0.25, 0.3) is 10.8 Å². The molecule has 154 valence electrons. The van der Waals surface area contributed by atoms with Gasteiger partial charge in [-0.15, -0.1) is 0 Å². The summed E-state index contributed by atoms with van der Waals surface area (Å²) in [6.07, 6.45) is 2.70. The number of nitrogens with zero attached hydrogens (tertiary/aromatic N) is 2. The molecule has 0 radical (unpaired) electrons. The highest BCUT2D eigenvalue weighted by Crippen LogP contribution is 2.31. The van der Waals surface area contributed by atoms with E-state index in [0.29, 0.717) is 37.3 Å². The quantitative estimate of drug-likeness (QED) is 0.663. The van der Waals surface area contributed by atoms with Gasteiger partial charge in [-0.2, -0.15) is 4.72 Å². The zero-order chi connectivity index (χ0) is 20.7. The van der Waals surface area contributed by atoms with Crippen LogP contribution in [0.1, 0.15) is 23.3 Å². The number of likely N-dealkylation sites (tertiary alicyclic amines) is 1. The number of hydrogen-bond acceptors (Lipinski definition) is 5. The van der Waals surface area contributed by atoms with E-state index in [1.54, 1.807) is 24.4 Å². The Morgan fingerprint density at radius 1 is 1.00 bits per heavy atom. The van der Waals surface area contributed by atoms with E-state index in [2.05, 4.69) is 15.0 Å². The number of fused-ring (bicyclic) bond motifs is 2. The summed E-state index contributed by atoms with van der Waals surface area (Å²) in [6.45, 7) is 1.13. The molecule has 2 aliphatic heterocycles. The van der Waals surface area contributed by atoms with Gasteiger partial charge in [-0.25, -0.2) is 8.42 Å². The maximum absolute atomic E-state index is 13.1. The molecule has 0 bridgehead atoms. The molecule has 1 atom stereocenters. The highest BCUT2D eigenvalue weighted by atomic mass is 32.2. The number of amides is 1. The Balaban J connectivity index is 1.31. The molecule has 1 fully saturated rings. The molecule has 3 aromatic rings. The number of pyridine rings is 1. The molecule has 7 nitrogen and oxygen atoms in total. The number of benzene rings is 2. The molecule has 1 aromatic heterocycles. The van der Waals surface area contributed by atoms with Crippen molar-refractivity contribution in [1.82, 2.24) is 14.6 Å². The lowest BCUT2D eigenvalue weighted by molar-refractivity contribution is 0.0675. The maximum Gasteiger partial charge on any atom is 0.273 e. The molecule has 30 heavy (non-hydrogen) atoms. The number of carbonyl (C=O) groups is 1. The predicted molar refractivity (Wildman–Crippen MR) is 115 cm³/mol. The summed E-state index contributed by atoms with van der Waals surface area (Å²) in [5.74, 6) is 0.0189. The second-order valence-corrected chi connectivity index (χ2v) is 9.43. The fraction of sp³-hybridized carbons (Fsp3) is 0.273. The molecule has 0 saturated carbocycles. The Bertz CT molecular complexity index is 1210. The van der Waals surface area contributed by atoms with Crippen LogP contribution in [0.3, 0.4) is 0 Å². The van der Waals surface area contributed by atoms with Crippen LogP contribution in [-0.2, 0) is 10.0 Å². The van der Waals surface area contributed by atoms with E-state index >= 15 is 0 Å². The minimum absolute atomic E-state index is 0.0761. The Morgan fingerprint density at radius 3 is 2.57 bits per heavy atom. The highest BCUT2D eigenvalue weighted by Gasteiger charge is 2.36. The first kappa shape index (κ1) is 19.0. The average Bonchev–Trinajstić information content (AvgIpc) is 2.78. The van der Waals surface area contributed by atoms with Crippen LogP contribution in [0, 0.1) is 5.92 Å². The fourth-order valence-electron chi connectivity index (χ4n) is 4.34. The molecule has 8 heteroatoms. The summed E-state index contributed by atoms with van der Waals surface area (Å²) >= 11 is 0. The number of nitrogens with one attached hydrogen (secondary N) is 2. The molecule has 1 unspecified atom stereocenters. The molecule has 1 amide bonds. The van der Waals surface area contributed by atoms with Gasteiger partial charge in [0.2, 0.25) is 10.0 Å². The first-order valence-corrected chi connectivity index (χ1v) is 11.5. The maximum atomic E-state index is 13.1. The Kier molecular flexibility index (Phi) is 4.67. The van der Waals surface area contributed by atoms with Crippen molar-refractivity contribution in [3.63, 3.8) is 0 Å². The summed E-state index contributed by atoms with van der Waals surface area (Å²) in [7, 11) is -3.54. The van der Waals surface area contributed by atoms with Crippen molar-refractivity contribution in [3.05, 3.63) is 66.5 Å². The minimum atomic E-state index is -3.54. The second kappa shape index (κ2) is 7.37. The lowest BCUT2D eigenvalue weighted by Crippen LogP contribution is -2.52. The second-order valence-electron chi connectivity index (χ2n) is 7.75. The van der Waals surface area contributed by atoms with Crippen molar-refractivity contribution in [3.8, 4) is 0 Å². The number of aromatic nitrogens is 1. The van der Waals surface area contributed by atoms with Crippen molar-refractivity contribution in [1.29, 1.82) is 0 Å². The van der Waals surface area contributed by atoms with Crippen molar-refractivity contribution in [2.24, 2.45) is 5.92 Å². The summed E-state index contributed by atoms with van der Waals surface area (Å²) < 4.78 is 27.9. The number of para-hydroxylation sites is 1. The molecule has 2 aliphatic rings. The molecule has 0 spiro atoms. The molecule has 3 heterocycles. The van der Waals surface area contributed by atoms with E-state index in [1.165, 1.54) is 0 Å². The molecular weight excluding hydrogens is 400 g/mol. The Morgan fingerprint density at radius 2 is 1.73 bits per heavy atom. The van der Waals surface area contributed by atoms with E-state index in [-0.39, 0.29) is 22.9 Å². The van der Waals surface area contributed by atoms with Crippen LogP contribution >= 0.6 is 0 Å². The lowest BCUT2D eigenvalue weighted by Gasteiger charge is -2.38. The smallest absolute Gasteiger partial charge is 0.273 e. The third kappa shape index (κ3) is 3.32. The van der Waals surface area contributed by atoms with E-state index in [9.17, 15) is 13.2 Å². The van der Waals surface area contributed by atoms with Gasteiger partial charge in [-0.1, -0.05) is 36.4 Å². The van der Waals surface area contributed by atoms with E-state index in [0.717, 1.165) is 10.8 Å². The van der Waals surface area contributed by atoms with Crippen LogP contribution in [0.4, 0.5) is 5.69 Å². The van der Waals surface area contributed by atoms with Gasteiger partial charge in [0.1, 0.15) is 10.6 Å². The predicted octanol–water partition coefficient (Wildman–Crippen LogP) is 2.82. The first-order chi connectivity index (χ1) is 14.5. The number of rotatable bonds is 2. The number of anilines is 1. The zero-order valence-corrected chi connectivity index (χ0v) is 17.1. The Labute approximate surface area is 175 Å². The van der Waals surface area contributed by atoms with Gasteiger partial charge in [-0.05, 0) is 42.3 Å². The molecule has 5 rings (SSSR count). The van der Waals surface area contributed by atoms with Crippen LogP contribution in [-0.4, -0.2) is 43.5 Å². The van der Waals surface area contributed by atoms with Gasteiger partial charge in [0.25, 0.3) is 5.91 Å². The van der Waals surface area contributed by atoms with E-state index in [4.69, 9.17) is 0 Å². The SMILES string of the molecule is O=C(c1nccc2ccccc12)N1CCC(C2Nc3ccccc3S(=O)(=O)N2)CC1. The van der Waals surface area contributed by atoms with Crippen molar-refractivity contribution >= 4 is 32.4 Å². The average molecular weight is 423 g/mol. The molecule has 2 aromatic carbocycles. The van der Waals surface area contributed by atoms with Crippen LogP contribution in [0.2, 0.25) is 0 Å². The van der Waals surface area contributed by atoms with E-state index < -0.39 is 10.0 Å². The highest BCUT2D eigenvalue weighted by molar-refractivity contribution is 7.89. The zero-order valence-electron chi connectivity index (χ0n) is 16.3. The molecule has 2 N–H and O–H groups in total. The third-order valence-electron chi connectivity index (χ3n) is 5.94. The van der Waals surface area contributed by atoms with Crippen LogP contribution in [0.5, 0.6) is 0 Å². The van der Waals surface area contributed by atoms with Gasteiger partial charge >= 0.3 is 0 Å². The van der Waals surface area contributed by atoms with Gasteiger partial charge in [0.05, 0.1) is 11.9 Å². The third-order valence-corrected chi connectivity index (χ3v) is 7.44. The summed E-state index contributed by atoms with van der Waals surface area (Å²) in [6, 6.07) is 16.6. The standard InChI is InChI=1S/C22H22N4O3S/c27-22(20-17-6-2-1-5-15(17)9-12-23-20)26-13-10-16(11-14-26)21-24-18-7-3-4-8-19(18)30(28,29)25-21/h1-9,12,16,21,24-25H,10-11,13-14H2. The van der Waals surface area contributed by atoms with Crippen molar-refractivity contribution in [2.75, 3.05) is 18.4 Å². The van der Waals surface area contributed by atoms with Gasteiger partial charge < -0.3 is 10.2 Å². The molecule has 0 aliphatic carbocycles. The number of piperidine rings is 1. The number of carbonyl (C=O) groups excluding carboxylic acids is 1. The topological polar surface area (TPSA) is 91.4 Å². The summed E-state index contributed by atoms with van der Waals surface area (Å²) in [5, 5.41) is 5.16. The van der Waals surface area contributed by atoms with E-state index in [1.807, 2.05) is 41.3 Å². The summed E-state index contributed by atoms with van der Waals surface area (Å²) in [5.41, 5.74) is 1.09. The van der Waals surface area contributed by atoms with Crippen LogP contribution < -0.4 is 10.0 Å². The number of sulfonamides is 1. The minimum Gasteiger partial charge on any atom is -0.368 e. The monoisotopic (exact) mass is 422 g/mol. The fourth-order valence-corrected chi connectivity index (χ4v) is 5.72. The molecular formula is C22H22N4O3S. The van der Waals surface area contributed by atoms with Crippen molar-refractivity contribution < 1.29 is 13.2 Å². The Hall–Kier alpha value is -2.97. The first-order valence-electron chi connectivity index (χ1n) is 10.0. The lowest BCUT2D eigenvalue weighted by atomic mass is 9.93. The molecule has 1 saturated heterocycles. The van der Waals surface area contributed by atoms with Crippen molar-refractivity contribution in [2.45, 2.75) is 23.9 Å². The van der Waals surface area contributed by atoms with Gasteiger partial charge in [0, 0.05) is 24.7 Å².